The monoisotopic (exact) mass is 364 g/mol. The second kappa shape index (κ2) is 8.68. The number of guanidine groups is 1. The zero-order valence-electron chi connectivity index (χ0n) is 15.7. The Hall–Kier alpha value is -1.86. The molecular weight excluding hydrogens is 335 g/mol. The van der Waals surface area contributed by atoms with Crippen LogP contribution in [0.1, 0.15) is 12.8 Å². The summed E-state index contributed by atoms with van der Waals surface area (Å²) in [7, 11) is 3.57. The molecule has 1 aromatic carbocycles. The van der Waals surface area contributed by atoms with E-state index in [0.29, 0.717) is 12.2 Å². The molecule has 0 atom stereocenters. The van der Waals surface area contributed by atoms with Crippen LogP contribution in [0.4, 0.5) is 10.1 Å². The highest BCUT2D eigenvalue weighted by Crippen LogP contribution is 2.24. The highest BCUT2D eigenvalue weighted by atomic mass is 19.1. The number of anilines is 1. The first-order valence-electron chi connectivity index (χ1n) is 9.25. The van der Waals surface area contributed by atoms with Crippen molar-refractivity contribution in [3.63, 3.8) is 0 Å². The molecule has 144 valence electrons. The molecule has 2 aliphatic heterocycles. The van der Waals surface area contributed by atoms with Crippen molar-refractivity contribution in [2.45, 2.75) is 18.4 Å². The highest BCUT2D eigenvalue weighted by Gasteiger charge is 2.33. The van der Waals surface area contributed by atoms with E-state index < -0.39 is 0 Å². The topological polar surface area (TPSA) is 49.3 Å². The average Bonchev–Trinajstić information content (AvgIpc) is 2.70. The summed E-state index contributed by atoms with van der Waals surface area (Å²) in [6, 6.07) is 6.96. The normalized spacial score (nSPS) is 21.0. The number of hydrogen-bond acceptors (Lipinski definition) is 4. The number of ether oxygens (including phenoxy) is 2. The molecule has 26 heavy (non-hydrogen) atoms. The van der Waals surface area contributed by atoms with Gasteiger partial charge >= 0.3 is 0 Å². The number of nitrogens with one attached hydrogen (secondary N) is 1. The molecule has 1 N–H and O–H groups in total. The standard InChI is InChI=1S/C19H29FN4O2/c1-21-18(22-15-19(25-2)7-13-26-14-8-19)24-11-9-23(10-12-24)17-6-4-3-5-16(17)20/h3-6H,7-15H2,1-2H3,(H,21,22). The molecule has 2 fully saturated rings. The summed E-state index contributed by atoms with van der Waals surface area (Å²) in [5.41, 5.74) is 0.485. The van der Waals surface area contributed by atoms with Crippen molar-refractivity contribution < 1.29 is 13.9 Å². The Labute approximate surface area is 155 Å². The van der Waals surface area contributed by atoms with Gasteiger partial charge in [0.25, 0.3) is 0 Å². The third-order valence-electron chi connectivity index (χ3n) is 5.39. The number of para-hydroxylation sites is 1. The minimum absolute atomic E-state index is 0.162. The molecule has 1 aromatic rings. The molecule has 0 spiro atoms. The van der Waals surface area contributed by atoms with Gasteiger partial charge in [0.15, 0.2) is 5.96 Å². The second-order valence-corrected chi connectivity index (χ2v) is 6.83. The fraction of sp³-hybridized carbons (Fsp3) is 0.632. The Morgan fingerprint density at radius 2 is 1.92 bits per heavy atom. The lowest BCUT2D eigenvalue weighted by molar-refractivity contribution is -0.0857. The van der Waals surface area contributed by atoms with E-state index in [0.717, 1.165) is 58.2 Å². The Bertz CT molecular complexity index is 611. The summed E-state index contributed by atoms with van der Waals surface area (Å²) in [6.07, 6.45) is 1.77. The predicted octanol–water partition coefficient (Wildman–Crippen LogP) is 1.72. The van der Waals surface area contributed by atoms with Crippen LogP contribution >= 0.6 is 0 Å². The van der Waals surface area contributed by atoms with Gasteiger partial charge in [-0.1, -0.05) is 12.1 Å². The van der Waals surface area contributed by atoms with E-state index in [9.17, 15) is 4.39 Å². The Balaban J connectivity index is 1.54. The molecule has 7 heteroatoms. The van der Waals surface area contributed by atoms with Crippen LogP contribution in [0.3, 0.4) is 0 Å². The minimum Gasteiger partial charge on any atom is -0.381 e. The number of aliphatic imine (C=N–C) groups is 1. The van der Waals surface area contributed by atoms with E-state index in [-0.39, 0.29) is 11.4 Å². The van der Waals surface area contributed by atoms with Crippen molar-refractivity contribution in [1.29, 1.82) is 0 Å². The molecule has 3 rings (SSSR count). The largest absolute Gasteiger partial charge is 0.381 e. The molecule has 2 aliphatic rings. The number of piperazine rings is 1. The van der Waals surface area contributed by atoms with Crippen LogP contribution in [0.15, 0.2) is 29.3 Å². The molecule has 6 nitrogen and oxygen atoms in total. The number of halogens is 1. The van der Waals surface area contributed by atoms with Gasteiger partial charge in [-0.3, -0.25) is 4.99 Å². The third-order valence-corrected chi connectivity index (χ3v) is 5.39. The molecular formula is C19H29FN4O2. The SMILES string of the molecule is CN=C(NCC1(OC)CCOCC1)N1CCN(c2ccccc2F)CC1. The van der Waals surface area contributed by atoms with Crippen molar-refractivity contribution in [3.05, 3.63) is 30.1 Å². The number of nitrogens with zero attached hydrogens (tertiary/aromatic N) is 3. The van der Waals surface area contributed by atoms with Gasteiger partial charge in [0.1, 0.15) is 5.82 Å². The highest BCUT2D eigenvalue weighted by molar-refractivity contribution is 5.80. The molecule has 0 radical (unpaired) electrons. The summed E-state index contributed by atoms with van der Waals surface area (Å²) < 4.78 is 25.2. The lowest BCUT2D eigenvalue weighted by atomic mass is 9.94. The fourth-order valence-corrected chi connectivity index (χ4v) is 3.64. The summed E-state index contributed by atoms with van der Waals surface area (Å²) >= 11 is 0. The van der Waals surface area contributed by atoms with Gasteiger partial charge in [0.2, 0.25) is 0 Å². The number of rotatable bonds is 4. The summed E-state index contributed by atoms with van der Waals surface area (Å²) in [5, 5.41) is 3.47. The van der Waals surface area contributed by atoms with Gasteiger partial charge in [-0.15, -0.1) is 0 Å². The van der Waals surface area contributed by atoms with E-state index >= 15 is 0 Å². The van der Waals surface area contributed by atoms with Crippen LogP contribution in [-0.2, 0) is 9.47 Å². The van der Waals surface area contributed by atoms with E-state index in [1.165, 1.54) is 6.07 Å². The summed E-state index contributed by atoms with van der Waals surface area (Å²) in [4.78, 5) is 8.74. The summed E-state index contributed by atoms with van der Waals surface area (Å²) in [5.74, 6) is 0.714. The van der Waals surface area contributed by atoms with Crippen molar-refractivity contribution in [1.82, 2.24) is 10.2 Å². The van der Waals surface area contributed by atoms with E-state index in [1.807, 2.05) is 12.1 Å². The van der Waals surface area contributed by atoms with Gasteiger partial charge in [-0.25, -0.2) is 4.39 Å². The van der Waals surface area contributed by atoms with Crippen LogP contribution < -0.4 is 10.2 Å². The molecule has 0 aromatic heterocycles. The lowest BCUT2D eigenvalue weighted by Gasteiger charge is -2.40. The van der Waals surface area contributed by atoms with Gasteiger partial charge in [0, 0.05) is 72.9 Å². The molecule has 2 heterocycles. The molecule has 2 saturated heterocycles. The van der Waals surface area contributed by atoms with Crippen LogP contribution in [-0.4, -0.2) is 76.6 Å². The van der Waals surface area contributed by atoms with Crippen molar-refractivity contribution in [2.24, 2.45) is 4.99 Å². The second-order valence-electron chi connectivity index (χ2n) is 6.83. The maximum atomic E-state index is 14.0. The average molecular weight is 364 g/mol. The molecule has 0 aliphatic carbocycles. The van der Waals surface area contributed by atoms with Crippen LogP contribution in [0.5, 0.6) is 0 Å². The zero-order valence-corrected chi connectivity index (χ0v) is 15.7. The molecule has 0 saturated carbocycles. The Kier molecular flexibility index (Phi) is 6.32. The molecule has 0 amide bonds. The third kappa shape index (κ3) is 4.27. The Morgan fingerprint density at radius 3 is 2.54 bits per heavy atom. The van der Waals surface area contributed by atoms with Gasteiger partial charge in [-0.05, 0) is 12.1 Å². The fourth-order valence-electron chi connectivity index (χ4n) is 3.64. The number of methoxy groups -OCH3 is 1. The molecule has 0 bridgehead atoms. The van der Waals surface area contributed by atoms with E-state index in [1.54, 1.807) is 20.2 Å². The predicted molar refractivity (Wildman–Crippen MR) is 101 cm³/mol. The van der Waals surface area contributed by atoms with Crippen molar-refractivity contribution in [2.75, 3.05) is 65.0 Å². The Morgan fingerprint density at radius 1 is 1.23 bits per heavy atom. The van der Waals surface area contributed by atoms with Gasteiger partial charge < -0.3 is 24.6 Å². The first-order valence-corrected chi connectivity index (χ1v) is 9.25. The van der Waals surface area contributed by atoms with Crippen molar-refractivity contribution in [3.8, 4) is 0 Å². The van der Waals surface area contributed by atoms with Gasteiger partial charge in [0.05, 0.1) is 11.3 Å². The minimum atomic E-state index is -0.191. The summed E-state index contributed by atoms with van der Waals surface area (Å²) in [6.45, 7) is 5.32. The number of hydrogen-bond donors (Lipinski definition) is 1. The van der Waals surface area contributed by atoms with Crippen LogP contribution in [0, 0.1) is 5.82 Å². The van der Waals surface area contributed by atoms with Gasteiger partial charge in [-0.2, -0.15) is 0 Å². The van der Waals surface area contributed by atoms with E-state index in [2.05, 4.69) is 20.1 Å². The van der Waals surface area contributed by atoms with Crippen LogP contribution in [0.25, 0.3) is 0 Å². The van der Waals surface area contributed by atoms with Crippen molar-refractivity contribution >= 4 is 11.6 Å². The molecule has 0 unspecified atom stereocenters. The maximum absolute atomic E-state index is 14.0. The first-order chi connectivity index (χ1) is 12.7. The maximum Gasteiger partial charge on any atom is 0.193 e. The van der Waals surface area contributed by atoms with E-state index in [4.69, 9.17) is 9.47 Å². The lowest BCUT2D eigenvalue weighted by Crippen LogP contribution is -2.56. The quantitative estimate of drug-likeness (QED) is 0.651. The van der Waals surface area contributed by atoms with Crippen LogP contribution in [0.2, 0.25) is 0 Å². The first kappa shape index (κ1) is 18.9. The zero-order chi connectivity index (χ0) is 18.4. The number of benzene rings is 1. The smallest absolute Gasteiger partial charge is 0.193 e.